The van der Waals surface area contributed by atoms with Gasteiger partial charge in [0.25, 0.3) is 5.91 Å². The van der Waals surface area contributed by atoms with Gasteiger partial charge in [-0.1, -0.05) is 0 Å². The van der Waals surface area contributed by atoms with Crippen LogP contribution in [0.2, 0.25) is 0 Å². The van der Waals surface area contributed by atoms with Crippen molar-refractivity contribution in [2.45, 2.75) is 17.9 Å². The molecule has 13 nitrogen and oxygen atoms in total. The molecule has 0 bridgehead atoms. The lowest BCUT2D eigenvalue weighted by molar-refractivity contribution is 0.102. The zero-order chi connectivity index (χ0) is 32.3. The van der Waals surface area contributed by atoms with Crippen molar-refractivity contribution in [3.8, 4) is 0 Å². The van der Waals surface area contributed by atoms with Crippen LogP contribution in [0.5, 0.6) is 0 Å². The molecule has 1 fully saturated rings. The van der Waals surface area contributed by atoms with E-state index in [4.69, 9.17) is 9.47 Å². The van der Waals surface area contributed by atoms with Gasteiger partial charge < -0.3 is 29.9 Å². The number of likely N-dealkylation sites (N-methyl/N-ethyl adjacent to an activating group) is 1. The van der Waals surface area contributed by atoms with Gasteiger partial charge in [-0.15, -0.1) is 5.10 Å². The standard InChI is InChI=1S/C29H35F2N7O6S/c1-35-9-11-36(12-10-35)21-4-5-23(25(17-21)32-7-13-43-2)28(39)33-27-24-18-37(8-6-26(24)38(34-27)29(40)44-3)45(41,42)22-15-19(30)14-20(31)16-22/h4-5,14-17,32H,6-13,18H2,1-3H3,(H,33,34,39). The molecular formula is C29H35F2N7O6S. The summed E-state index contributed by atoms with van der Waals surface area (Å²) in [6.07, 6.45) is -0.804. The fraction of sp³-hybridized carbons (Fsp3) is 0.414. The largest absolute Gasteiger partial charge is 0.451 e. The molecule has 2 aliphatic rings. The Morgan fingerprint density at radius 3 is 2.38 bits per heavy atom. The predicted molar refractivity (Wildman–Crippen MR) is 162 cm³/mol. The predicted octanol–water partition coefficient (Wildman–Crippen LogP) is 2.59. The molecule has 1 aromatic heterocycles. The van der Waals surface area contributed by atoms with Crippen LogP contribution in [0.25, 0.3) is 0 Å². The number of nitrogens with one attached hydrogen (secondary N) is 2. The van der Waals surface area contributed by atoms with Gasteiger partial charge in [-0.2, -0.15) is 8.99 Å². The van der Waals surface area contributed by atoms with Gasteiger partial charge >= 0.3 is 6.09 Å². The van der Waals surface area contributed by atoms with Crippen molar-refractivity contribution in [1.82, 2.24) is 19.0 Å². The minimum absolute atomic E-state index is 0.0217. The van der Waals surface area contributed by atoms with Crippen LogP contribution in [0.3, 0.4) is 0 Å². The van der Waals surface area contributed by atoms with Gasteiger partial charge in [-0.05, 0) is 37.4 Å². The maximum Gasteiger partial charge on any atom is 0.434 e. The molecular weight excluding hydrogens is 612 g/mol. The average molecular weight is 648 g/mol. The number of sulfonamides is 1. The second-order valence-corrected chi connectivity index (χ2v) is 12.7. The molecule has 242 valence electrons. The van der Waals surface area contributed by atoms with Crippen LogP contribution in [0.1, 0.15) is 21.6 Å². The molecule has 2 aliphatic heterocycles. The lowest BCUT2D eigenvalue weighted by Crippen LogP contribution is -2.44. The number of benzene rings is 2. The molecule has 0 unspecified atom stereocenters. The first-order valence-corrected chi connectivity index (χ1v) is 15.7. The van der Waals surface area contributed by atoms with Crippen LogP contribution in [-0.4, -0.2) is 107 Å². The summed E-state index contributed by atoms with van der Waals surface area (Å²) in [6.45, 7) is 3.89. The molecule has 1 saturated heterocycles. The van der Waals surface area contributed by atoms with Crippen LogP contribution in [0, 0.1) is 11.6 Å². The fourth-order valence-electron chi connectivity index (χ4n) is 5.36. The number of anilines is 3. The molecule has 2 N–H and O–H groups in total. The molecule has 3 aromatic rings. The Bertz CT molecular complexity index is 1670. The van der Waals surface area contributed by atoms with Gasteiger partial charge in [0, 0.05) is 82.3 Å². The molecule has 45 heavy (non-hydrogen) atoms. The first kappa shape index (κ1) is 32.3. The van der Waals surface area contributed by atoms with Crippen molar-refractivity contribution in [2.75, 3.05) is 82.7 Å². The minimum Gasteiger partial charge on any atom is -0.451 e. The molecule has 0 spiro atoms. The van der Waals surface area contributed by atoms with E-state index in [2.05, 4.69) is 32.6 Å². The molecule has 5 rings (SSSR count). The minimum atomic E-state index is -4.34. The maximum atomic E-state index is 13.9. The molecule has 0 saturated carbocycles. The summed E-state index contributed by atoms with van der Waals surface area (Å²) < 4.78 is 66.5. The van der Waals surface area contributed by atoms with Gasteiger partial charge in [0.05, 0.1) is 29.9 Å². The molecule has 2 aromatic carbocycles. The number of methoxy groups -OCH3 is 2. The van der Waals surface area contributed by atoms with E-state index in [0.29, 0.717) is 36.2 Å². The van der Waals surface area contributed by atoms with Crippen molar-refractivity contribution >= 4 is 39.2 Å². The Labute approximate surface area is 259 Å². The highest BCUT2D eigenvalue weighted by atomic mass is 32.2. The third kappa shape index (κ3) is 6.93. The van der Waals surface area contributed by atoms with Crippen LogP contribution in [0.4, 0.5) is 30.8 Å². The van der Waals surface area contributed by atoms with Crippen molar-refractivity contribution in [3.05, 3.63) is 64.9 Å². The highest BCUT2D eigenvalue weighted by Gasteiger charge is 2.35. The number of halogens is 2. The second kappa shape index (κ2) is 13.5. The number of rotatable bonds is 9. The number of aromatic nitrogens is 2. The van der Waals surface area contributed by atoms with Crippen LogP contribution in [-0.2, 0) is 32.5 Å². The zero-order valence-electron chi connectivity index (χ0n) is 25.2. The van der Waals surface area contributed by atoms with Crippen molar-refractivity contribution in [2.24, 2.45) is 0 Å². The first-order chi connectivity index (χ1) is 21.5. The molecule has 0 radical (unpaired) electrons. The second-order valence-electron chi connectivity index (χ2n) is 10.7. The third-order valence-corrected chi connectivity index (χ3v) is 9.64. The summed E-state index contributed by atoms with van der Waals surface area (Å²) in [6, 6.07) is 7.49. The Morgan fingerprint density at radius 1 is 1.00 bits per heavy atom. The molecule has 3 heterocycles. The van der Waals surface area contributed by atoms with E-state index in [1.54, 1.807) is 13.2 Å². The fourth-order valence-corrected chi connectivity index (χ4v) is 6.82. The van der Waals surface area contributed by atoms with Gasteiger partial charge in [0.1, 0.15) is 11.6 Å². The van der Waals surface area contributed by atoms with Crippen molar-refractivity contribution in [1.29, 1.82) is 0 Å². The van der Waals surface area contributed by atoms with Gasteiger partial charge in [-0.3, -0.25) is 4.79 Å². The Kier molecular flexibility index (Phi) is 9.67. The number of amides is 1. The number of carbonyl (C=O) groups is 2. The zero-order valence-corrected chi connectivity index (χ0v) is 26.0. The lowest BCUT2D eigenvalue weighted by atomic mass is 10.1. The van der Waals surface area contributed by atoms with E-state index >= 15 is 0 Å². The quantitative estimate of drug-likeness (QED) is 0.334. The van der Waals surface area contributed by atoms with Gasteiger partial charge in [0.15, 0.2) is 5.82 Å². The summed E-state index contributed by atoms with van der Waals surface area (Å²) >= 11 is 0. The topological polar surface area (TPSA) is 138 Å². The first-order valence-electron chi connectivity index (χ1n) is 14.3. The third-order valence-electron chi connectivity index (χ3n) is 7.81. The highest BCUT2D eigenvalue weighted by molar-refractivity contribution is 7.89. The number of fused-ring (bicyclic) bond motifs is 1. The number of piperazine rings is 1. The van der Waals surface area contributed by atoms with Crippen molar-refractivity contribution in [3.63, 3.8) is 0 Å². The summed E-state index contributed by atoms with van der Waals surface area (Å²) in [7, 11) is 0.471. The Hall–Kier alpha value is -4.12. The summed E-state index contributed by atoms with van der Waals surface area (Å²) in [5.74, 6) is -2.67. The smallest absolute Gasteiger partial charge is 0.434 e. The summed E-state index contributed by atoms with van der Waals surface area (Å²) in [5, 5.41) is 10.3. The number of carbonyl (C=O) groups excluding carboxylic acids is 2. The van der Waals surface area contributed by atoms with Crippen LogP contribution < -0.4 is 15.5 Å². The SMILES string of the molecule is COCCNc1cc(N2CCN(C)CC2)ccc1C(=O)Nc1nn(C(=O)OC)c2c1CN(S(=O)(=O)c1cc(F)cc(F)c1)CC2. The lowest BCUT2D eigenvalue weighted by Gasteiger charge is -2.34. The average Bonchev–Trinajstić information content (AvgIpc) is 3.38. The number of hydrogen-bond donors (Lipinski definition) is 2. The highest BCUT2D eigenvalue weighted by Crippen LogP contribution is 2.32. The number of ether oxygens (including phenoxy) is 2. The maximum absolute atomic E-state index is 13.9. The van der Waals surface area contributed by atoms with E-state index < -0.39 is 38.6 Å². The Balaban J connectivity index is 1.46. The van der Waals surface area contributed by atoms with Gasteiger partial charge in [0.2, 0.25) is 10.0 Å². The molecule has 0 aliphatic carbocycles. The van der Waals surface area contributed by atoms with Crippen LogP contribution >= 0.6 is 0 Å². The summed E-state index contributed by atoms with van der Waals surface area (Å²) in [4.78, 5) is 30.2. The van der Waals surface area contributed by atoms with Gasteiger partial charge in [-0.25, -0.2) is 22.0 Å². The monoisotopic (exact) mass is 647 g/mol. The van der Waals surface area contributed by atoms with Crippen LogP contribution in [0.15, 0.2) is 41.3 Å². The van der Waals surface area contributed by atoms with E-state index in [1.165, 1.54) is 7.11 Å². The van der Waals surface area contributed by atoms with E-state index in [0.717, 1.165) is 53.0 Å². The summed E-state index contributed by atoms with van der Waals surface area (Å²) in [5.41, 5.74) is 2.39. The van der Waals surface area contributed by atoms with Crippen molar-refractivity contribution < 1.29 is 36.3 Å². The number of hydrogen-bond acceptors (Lipinski definition) is 10. The Morgan fingerprint density at radius 2 is 1.71 bits per heavy atom. The van der Waals surface area contributed by atoms with E-state index in [-0.39, 0.29) is 30.9 Å². The molecule has 1 amide bonds. The van der Waals surface area contributed by atoms with E-state index in [9.17, 15) is 26.8 Å². The normalized spacial score (nSPS) is 15.9. The molecule has 16 heteroatoms. The molecule has 0 atom stereocenters. The number of nitrogens with zero attached hydrogens (tertiary/aromatic N) is 5. The van der Waals surface area contributed by atoms with E-state index in [1.807, 2.05) is 12.1 Å².